The average Bonchev–Trinajstić information content (AvgIpc) is 2.34. The van der Waals surface area contributed by atoms with Crippen LogP contribution in [0.5, 0.6) is 0 Å². The summed E-state index contributed by atoms with van der Waals surface area (Å²) in [6.07, 6.45) is 0.929. The fraction of sp³-hybridized carbons (Fsp3) is 0.533. The van der Waals surface area contributed by atoms with Crippen LogP contribution in [0.4, 0.5) is 0 Å². The molecule has 1 aromatic rings. The van der Waals surface area contributed by atoms with Gasteiger partial charge in [-0.15, -0.1) is 0 Å². The highest BCUT2D eigenvalue weighted by Crippen LogP contribution is 2.15. The van der Waals surface area contributed by atoms with Crippen molar-refractivity contribution in [2.75, 3.05) is 20.7 Å². The molecule has 0 aliphatic carbocycles. The van der Waals surface area contributed by atoms with Crippen LogP contribution in [0.15, 0.2) is 24.3 Å². The van der Waals surface area contributed by atoms with Crippen LogP contribution in [-0.4, -0.2) is 37.1 Å². The molecule has 1 rings (SSSR count). The summed E-state index contributed by atoms with van der Waals surface area (Å²) in [5, 5.41) is 0. The fourth-order valence-electron chi connectivity index (χ4n) is 1.85. The number of benzene rings is 1. The molecule has 0 atom stereocenters. The number of rotatable bonds is 5. The molecule has 100 valence electrons. The molecule has 0 amide bonds. The van der Waals surface area contributed by atoms with Crippen LogP contribution in [0.1, 0.15) is 25.0 Å². The van der Waals surface area contributed by atoms with E-state index in [9.17, 15) is 4.79 Å². The first-order valence-corrected chi connectivity index (χ1v) is 6.23. The third kappa shape index (κ3) is 3.57. The summed E-state index contributed by atoms with van der Waals surface area (Å²) in [6.45, 7) is 6.68. The lowest BCUT2D eigenvalue weighted by atomic mass is 10.0. The number of esters is 1. The van der Waals surface area contributed by atoms with Gasteiger partial charge in [-0.05, 0) is 39.8 Å². The van der Waals surface area contributed by atoms with Crippen molar-refractivity contribution in [3.63, 3.8) is 0 Å². The Morgan fingerprint density at radius 3 is 2.61 bits per heavy atom. The fourth-order valence-corrected chi connectivity index (χ4v) is 1.85. The zero-order chi connectivity index (χ0) is 13.8. The van der Waals surface area contributed by atoms with Crippen molar-refractivity contribution >= 4 is 5.97 Å². The molecule has 1 aromatic carbocycles. The highest BCUT2D eigenvalue weighted by atomic mass is 16.5. The van der Waals surface area contributed by atoms with E-state index in [2.05, 4.69) is 31.2 Å². The molecule has 0 unspecified atom stereocenters. The van der Waals surface area contributed by atoms with E-state index in [0.29, 0.717) is 0 Å². The maximum Gasteiger partial charge on any atom is 0.325 e. The van der Waals surface area contributed by atoms with Gasteiger partial charge in [0.25, 0.3) is 0 Å². The minimum Gasteiger partial charge on any atom is -0.468 e. The predicted molar refractivity (Wildman–Crippen MR) is 73.6 cm³/mol. The molecule has 0 spiro atoms. The van der Waals surface area contributed by atoms with Gasteiger partial charge in [-0.2, -0.15) is 0 Å². The molecule has 0 aliphatic rings. The second-order valence-electron chi connectivity index (χ2n) is 5.21. The zero-order valence-corrected chi connectivity index (χ0v) is 12.0. The summed E-state index contributed by atoms with van der Waals surface area (Å²) in [5.41, 5.74) is 1.98. The Balaban J connectivity index is 2.61. The van der Waals surface area contributed by atoms with Gasteiger partial charge < -0.3 is 4.74 Å². The van der Waals surface area contributed by atoms with Crippen LogP contribution < -0.4 is 0 Å². The first kappa shape index (κ1) is 14.7. The molecule has 3 nitrogen and oxygen atoms in total. The zero-order valence-electron chi connectivity index (χ0n) is 12.0. The van der Waals surface area contributed by atoms with Crippen molar-refractivity contribution in [2.45, 2.75) is 32.7 Å². The molecule has 0 fully saturated rings. The average molecular weight is 249 g/mol. The van der Waals surface area contributed by atoms with Crippen molar-refractivity contribution in [1.29, 1.82) is 0 Å². The number of hydrogen-bond donors (Lipinski definition) is 0. The van der Waals surface area contributed by atoms with Crippen LogP contribution in [0.2, 0.25) is 0 Å². The Bertz CT molecular complexity index is 413. The van der Waals surface area contributed by atoms with Gasteiger partial charge in [0, 0.05) is 6.54 Å². The van der Waals surface area contributed by atoms with Crippen molar-refractivity contribution < 1.29 is 9.53 Å². The van der Waals surface area contributed by atoms with Crippen molar-refractivity contribution in [1.82, 2.24) is 4.90 Å². The number of carbonyl (C=O) groups excluding carboxylic acids is 1. The van der Waals surface area contributed by atoms with Gasteiger partial charge in [-0.1, -0.05) is 29.8 Å². The van der Waals surface area contributed by atoms with E-state index >= 15 is 0 Å². The SMILES string of the molecule is COC(=O)C(C)(C)N(C)CCc1cccc(C)c1. The summed E-state index contributed by atoms with van der Waals surface area (Å²) in [5.74, 6) is -0.200. The Morgan fingerprint density at radius 1 is 1.39 bits per heavy atom. The van der Waals surface area contributed by atoms with E-state index in [-0.39, 0.29) is 5.97 Å². The molecule has 0 heterocycles. The largest absolute Gasteiger partial charge is 0.468 e. The lowest BCUT2D eigenvalue weighted by Gasteiger charge is -2.32. The van der Waals surface area contributed by atoms with Crippen LogP contribution in [0.25, 0.3) is 0 Å². The number of nitrogens with zero attached hydrogens (tertiary/aromatic N) is 1. The number of methoxy groups -OCH3 is 1. The van der Waals surface area contributed by atoms with Gasteiger partial charge in [-0.3, -0.25) is 9.69 Å². The van der Waals surface area contributed by atoms with Gasteiger partial charge in [0.05, 0.1) is 7.11 Å². The second-order valence-corrected chi connectivity index (χ2v) is 5.21. The van der Waals surface area contributed by atoms with Gasteiger partial charge >= 0.3 is 5.97 Å². The lowest BCUT2D eigenvalue weighted by molar-refractivity contribution is -0.152. The van der Waals surface area contributed by atoms with E-state index in [1.165, 1.54) is 18.2 Å². The van der Waals surface area contributed by atoms with E-state index in [1.54, 1.807) is 0 Å². The summed E-state index contributed by atoms with van der Waals surface area (Å²) < 4.78 is 4.83. The third-order valence-electron chi connectivity index (χ3n) is 3.46. The van der Waals surface area contributed by atoms with Crippen molar-refractivity contribution in [3.8, 4) is 0 Å². The van der Waals surface area contributed by atoms with E-state index in [4.69, 9.17) is 4.74 Å². The maximum atomic E-state index is 11.7. The van der Waals surface area contributed by atoms with Crippen LogP contribution >= 0.6 is 0 Å². The van der Waals surface area contributed by atoms with Gasteiger partial charge in [-0.25, -0.2) is 0 Å². The highest BCUT2D eigenvalue weighted by molar-refractivity contribution is 5.79. The van der Waals surface area contributed by atoms with Crippen LogP contribution in [0, 0.1) is 6.92 Å². The summed E-state index contributed by atoms with van der Waals surface area (Å²) in [6, 6.07) is 8.45. The number of aryl methyl sites for hydroxylation is 1. The summed E-state index contributed by atoms with van der Waals surface area (Å²) >= 11 is 0. The van der Waals surface area contributed by atoms with Gasteiger partial charge in [0.2, 0.25) is 0 Å². The number of ether oxygens (including phenoxy) is 1. The quantitative estimate of drug-likeness (QED) is 0.751. The van der Waals surface area contributed by atoms with Crippen molar-refractivity contribution in [3.05, 3.63) is 35.4 Å². The van der Waals surface area contributed by atoms with Gasteiger partial charge in [0.1, 0.15) is 5.54 Å². The first-order chi connectivity index (χ1) is 8.37. The smallest absolute Gasteiger partial charge is 0.325 e. The van der Waals surface area contributed by atoms with E-state index in [0.717, 1.165) is 13.0 Å². The van der Waals surface area contributed by atoms with Crippen LogP contribution in [0.3, 0.4) is 0 Å². The summed E-state index contributed by atoms with van der Waals surface area (Å²) in [4.78, 5) is 13.7. The molecule has 0 saturated heterocycles. The first-order valence-electron chi connectivity index (χ1n) is 6.23. The normalized spacial score (nSPS) is 11.7. The molecule has 0 aliphatic heterocycles. The molecule has 0 saturated carbocycles. The minimum absolute atomic E-state index is 0.200. The molecule has 3 heteroatoms. The maximum absolute atomic E-state index is 11.7. The molecule has 18 heavy (non-hydrogen) atoms. The predicted octanol–water partition coefficient (Wildman–Crippen LogP) is 2.42. The Kier molecular flexibility index (Phi) is 4.91. The van der Waals surface area contributed by atoms with Crippen LogP contribution in [-0.2, 0) is 16.0 Å². The summed E-state index contributed by atoms with van der Waals surface area (Å²) in [7, 11) is 3.38. The molecular formula is C15H23NO2. The standard InChI is InChI=1S/C15H23NO2/c1-12-7-6-8-13(11-12)9-10-16(4)15(2,3)14(17)18-5/h6-8,11H,9-10H2,1-5H3. The van der Waals surface area contributed by atoms with Gasteiger partial charge in [0.15, 0.2) is 0 Å². The van der Waals surface area contributed by atoms with E-state index < -0.39 is 5.54 Å². The molecule has 0 radical (unpaired) electrons. The molecule has 0 N–H and O–H groups in total. The molecular weight excluding hydrogens is 226 g/mol. The minimum atomic E-state index is -0.585. The Morgan fingerprint density at radius 2 is 2.06 bits per heavy atom. The second kappa shape index (κ2) is 6.01. The topological polar surface area (TPSA) is 29.5 Å². The molecule has 0 bridgehead atoms. The lowest BCUT2D eigenvalue weighted by Crippen LogP contribution is -2.49. The number of likely N-dealkylation sites (N-methyl/N-ethyl adjacent to an activating group) is 1. The Labute approximate surface area is 110 Å². The monoisotopic (exact) mass is 249 g/mol. The highest BCUT2D eigenvalue weighted by Gasteiger charge is 2.32. The Hall–Kier alpha value is -1.35. The number of carbonyl (C=O) groups is 1. The van der Waals surface area contributed by atoms with Crippen molar-refractivity contribution in [2.24, 2.45) is 0 Å². The number of hydrogen-bond acceptors (Lipinski definition) is 3. The molecule has 0 aromatic heterocycles. The third-order valence-corrected chi connectivity index (χ3v) is 3.46. The van der Waals surface area contributed by atoms with E-state index in [1.807, 2.05) is 25.8 Å².